The SMILES string of the molecule is Cc1c([C@@H](C)NC(=O)c2ccc([N+](=O)[O-])cc2)cnn1-c1ccc(F)cc1. The summed E-state index contributed by atoms with van der Waals surface area (Å²) in [5.74, 6) is -0.668. The Balaban J connectivity index is 1.76. The van der Waals surface area contributed by atoms with Crippen LogP contribution < -0.4 is 5.32 Å². The molecule has 0 radical (unpaired) electrons. The van der Waals surface area contributed by atoms with E-state index in [-0.39, 0.29) is 23.5 Å². The lowest BCUT2D eigenvalue weighted by atomic mass is 10.1. The molecule has 0 saturated heterocycles. The molecule has 0 spiro atoms. The first kappa shape index (κ1) is 18.2. The van der Waals surface area contributed by atoms with Gasteiger partial charge < -0.3 is 5.32 Å². The predicted molar refractivity (Wildman–Crippen MR) is 97.2 cm³/mol. The Morgan fingerprint density at radius 3 is 2.41 bits per heavy atom. The van der Waals surface area contributed by atoms with E-state index in [1.807, 2.05) is 13.8 Å². The van der Waals surface area contributed by atoms with Gasteiger partial charge in [0.2, 0.25) is 0 Å². The van der Waals surface area contributed by atoms with Crippen LogP contribution in [0.5, 0.6) is 0 Å². The summed E-state index contributed by atoms with van der Waals surface area (Å²) in [7, 11) is 0. The number of amides is 1. The van der Waals surface area contributed by atoms with Gasteiger partial charge in [-0.15, -0.1) is 0 Å². The molecule has 1 heterocycles. The van der Waals surface area contributed by atoms with Crippen molar-refractivity contribution in [2.75, 3.05) is 0 Å². The number of carbonyl (C=O) groups excluding carboxylic acids is 1. The molecule has 8 heteroatoms. The lowest BCUT2D eigenvalue weighted by molar-refractivity contribution is -0.384. The summed E-state index contributed by atoms with van der Waals surface area (Å²) in [6, 6.07) is 11.0. The van der Waals surface area contributed by atoms with Crippen LogP contribution in [0.4, 0.5) is 10.1 Å². The van der Waals surface area contributed by atoms with Gasteiger partial charge in [0.15, 0.2) is 0 Å². The molecule has 0 saturated carbocycles. The largest absolute Gasteiger partial charge is 0.345 e. The van der Waals surface area contributed by atoms with E-state index in [2.05, 4.69) is 10.4 Å². The fourth-order valence-electron chi connectivity index (χ4n) is 2.78. The van der Waals surface area contributed by atoms with E-state index in [0.29, 0.717) is 11.3 Å². The van der Waals surface area contributed by atoms with Gasteiger partial charge in [0, 0.05) is 29.0 Å². The van der Waals surface area contributed by atoms with E-state index in [4.69, 9.17) is 0 Å². The molecule has 27 heavy (non-hydrogen) atoms. The normalized spacial score (nSPS) is 11.8. The van der Waals surface area contributed by atoms with Crippen molar-refractivity contribution in [3.05, 3.63) is 87.5 Å². The van der Waals surface area contributed by atoms with E-state index in [0.717, 1.165) is 11.3 Å². The van der Waals surface area contributed by atoms with Gasteiger partial charge in [0.05, 0.1) is 22.8 Å². The molecule has 0 aliphatic carbocycles. The number of non-ortho nitro benzene ring substituents is 1. The van der Waals surface area contributed by atoms with E-state index >= 15 is 0 Å². The molecular formula is C19H17FN4O3. The predicted octanol–water partition coefficient (Wildman–Crippen LogP) is 3.72. The molecule has 1 aromatic heterocycles. The summed E-state index contributed by atoms with van der Waals surface area (Å²) in [6.45, 7) is 3.68. The van der Waals surface area contributed by atoms with E-state index < -0.39 is 4.92 Å². The maximum Gasteiger partial charge on any atom is 0.269 e. The van der Waals surface area contributed by atoms with Crippen LogP contribution >= 0.6 is 0 Å². The number of carbonyl (C=O) groups is 1. The van der Waals surface area contributed by atoms with Gasteiger partial charge >= 0.3 is 0 Å². The van der Waals surface area contributed by atoms with Crippen molar-refractivity contribution in [1.29, 1.82) is 0 Å². The Morgan fingerprint density at radius 1 is 1.19 bits per heavy atom. The summed E-state index contributed by atoms with van der Waals surface area (Å²) in [6.07, 6.45) is 1.65. The van der Waals surface area contributed by atoms with Crippen molar-refractivity contribution in [1.82, 2.24) is 15.1 Å². The van der Waals surface area contributed by atoms with Crippen molar-refractivity contribution in [3.63, 3.8) is 0 Å². The first-order valence-corrected chi connectivity index (χ1v) is 8.22. The highest BCUT2D eigenvalue weighted by Crippen LogP contribution is 2.21. The molecule has 0 fully saturated rings. The smallest absolute Gasteiger partial charge is 0.269 e. The van der Waals surface area contributed by atoms with Crippen LogP contribution in [0.1, 0.15) is 34.6 Å². The number of nitrogens with zero attached hydrogens (tertiary/aromatic N) is 3. The zero-order valence-corrected chi connectivity index (χ0v) is 14.7. The molecule has 1 atom stereocenters. The topological polar surface area (TPSA) is 90.1 Å². The molecule has 0 aliphatic rings. The molecule has 7 nitrogen and oxygen atoms in total. The lowest BCUT2D eigenvalue weighted by Gasteiger charge is -2.14. The first-order chi connectivity index (χ1) is 12.9. The highest BCUT2D eigenvalue weighted by molar-refractivity contribution is 5.94. The number of benzene rings is 2. The second-order valence-corrected chi connectivity index (χ2v) is 6.07. The average molecular weight is 368 g/mol. The number of nitrogens with one attached hydrogen (secondary N) is 1. The monoisotopic (exact) mass is 368 g/mol. The van der Waals surface area contributed by atoms with Crippen LogP contribution in [0.25, 0.3) is 5.69 Å². The standard InChI is InChI=1S/C19H17FN4O3/c1-12(22-19(25)14-3-7-17(8-4-14)24(26)27)18-11-21-23(13(18)2)16-9-5-15(20)6-10-16/h3-12H,1-2H3,(H,22,25)/t12-/m1/s1. The summed E-state index contributed by atoms with van der Waals surface area (Å²) < 4.78 is 14.8. The van der Waals surface area contributed by atoms with Crippen molar-refractivity contribution >= 4 is 11.6 Å². The number of halogens is 1. The molecule has 0 aliphatic heterocycles. The van der Waals surface area contributed by atoms with Crippen LogP contribution in [-0.2, 0) is 0 Å². The number of aromatic nitrogens is 2. The number of nitro benzene ring substituents is 1. The Bertz CT molecular complexity index is 981. The Hall–Kier alpha value is -3.55. The number of nitro groups is 1. The van der Waals surface area contributed by atoms with Crippen molar-refractivity contribution in [3.8, 4) is 5.69 Å². The molecule has 0 unspecified atom stereocenters. The number of hydrogen-bond acceptors (Lipinski definition) is 4. The van der Waals surface area contributed by atoms with Crippen LogP contribution in [0.2, 0.25) is 0 Å². The van der Waals surface area contributed by atoms with Crippen LogP contribution in [0.3, 0.4) is 0 Å². The maximum atomic E-state index is 13.1. The van der Waals surface area contributed by atoms with Gasteiger partial charge in [-0.05, 0) is 50.2 Å². The van der Waals surface area contributed by atoms with E-state index in [1.165, 1.54) is 36.4 Å². The lowest BCUT2D eigenvalue weighted by Crippen LogP contribution is -2.26. The molecule has 2 aromatic carbocycles. The summed E-state index contributed by atoms with van der Waals surface area (Å²) in [4.78, 5) is 22.6. The summed E-state index contributed by atoms with van der Waals surface area (Å²) in [5.41, 5.74) is 2.61. The van der Waals surface area contributed by atoms with Gasteiger partial charge in [-0.25, -0.2) is 9.07 Å². The second-order valence-electron chi connectivity index (χ2n) is 6.07. The third-order valence-electron chi connectivity index (χ3n) is 4.27. The average Bonchev–Trinajstić information content (AvgIpc) is 3.04. The molecule has 3 aromatic rings. The zero-order valence-electron chi connectivity index (χ0n) is 14.7. The van der Waals surface area contributed by atoms with Crippen LogP contribution in [0, 0.1) is 22.9 Å². The highest BCUT2D eigenvalue weighted by atomic mass is 19.1. The zero-order chi connectivity index (χ0) is 19.6. The molecule has 0 bridgehead atoms. The minimum absolute atomic E-state index is 0.0731. The minimum Gasteiger partial charge on any atom is -0.345 e. The van der Waals surface area contributed by atoms with Gasteiger partial charge in [-0.1, -0.05) is 0 Å². The Morgan fingerprint density at radius 2 is 1.81 bits per heavy atom. The molecule has 1 amide bonds. The molecular weight excluding hydrogens is 351 g/mol. The van der Waals surface area contributed by atoms with Crippen molar-refractivity contribution in [2.45, 2.75) is 19.9 Å². The first-order valence-electron chi connectivity index (χ1n) is 8.22. The third-order valence-corrected chi connectivity index (χ3v) is 4.27. The number of rotatable bonds is 5. The fourth-order valence-corrected chi connectivity index (χ4v) is 2.78. The molecule has 138 valence electrons. The van der Waals surface area contributed by atoms with Crippen LogP contribution in [-0.4, -0.2) is 20.6 Å². The minimum atomic E-state index is -0.516. The molecule has 1 N–H and O–H groups in total. The Kier molecular flexibility index (Phi) is 4.98. The highest BCUT2D eigenvalue weighted by Gasteiger charge is 2.18. The summed E-state index contributed by atoms with van der Waals surface area (Å²) >= 11 is 0. The van der Waals surface area contributed by atoms with Gasteiger partial charge in [-0.2, -0.15) is 5.10 Å². The second kappa shape index (κ2) is 7.36. The summed E-state index contributed by atoms with van der Waals surface area (Å²) in [5, 5.41) is 17.9. The fraction of sp³-hybridized carbons (Fsp3) is 0.158. The Labute approximate surface area is 154 Å². The van der Waals surface area contributed by atoms with Gasteiger partial charge in [0.1, 0.15) is 5.82 Å². The van der Waals surface area contributed by atoms with Gasteiger partial charge in [-0.3, -0.25) is 14.9 Å². The number of hydrogen-bond donors (Lipinski definition) is 1. The van der Waals surface area contributed by atoms with E-state index in [1.54, 1.807) is 23.0 Å². The van der Waals surface area contributed by atoms with Gasteiger partial charge in [0.25, 0.3) is 11.6 Å². The van der Waals surface area contributed by atoms with Crippen molar-refractivity contribution < 1.29 is 14.1 Å². The third kappa shape index (κ3) is 3.84. The maximum absolute atomic E-state index is 13.1. The van der Waals surface area contributed by atoms with Crippen molar-refractivity contribution in [2.24, 2.45) is 0 Å². The molecule has 3 rings (SSSR count). The van der Waals surface area contributed by atoms with Crippen LogP contribution in [0.15, 0.2) is 54.7 Å². The van der Waals surface area contributed by atoms with E-state index in [9.17, 15) is 19.3 Å². The quantitative estimate of drug-likeness (QED) is 0.549.